The third-order valence-electron chi connectivity index (χ3n) is 5.97. The van der Waals surface area contributed by atoms with E-state index >= 15 is 0 Å². The lowest BCUT2D eigenvalue weighted by Gasteiger charge is -2.11. The zero-order chi connectivity index (χ0) is 22.2. The van der Waals surface area contributed by atoms with E-state index in [-0.39, 0.29) is 0 Å². The molecule has 0 amide bonds. The quantitative estimate of drug-likeness (QED) is 0.304. The molecule has 0 aliphatic carbocycles. The standard InChI is InChI=1S/C30H19BN2/c31-26-10-6-9-24(19-26)30-32-28-12-5-4-11-27(28)29(33-30)23-16-14-21-13-15-22(17-25(21)18-23)20-7-2-1-3-8-20/h1-19H. The summed E-state index contributed by atoms with van der Waals surface area (Å²) in [5, 5.41) is 3.42. The van der Waals surface area contributed by atoms with Crippen LogP contribution < -0.4 is 5.46 Å². The van der Waals surface area contributed by atoms with Crippen molar-refractivity contribution < 1.29 is 0 Å². The highest BCUT2D eigenvalue weighted by atomic mass is 14.9. The Morgan fingerprint density at radius 1 is 0.485 bits per heavy atom. The summed E-state index contributed by atoms with van der Waals surface area (Å²) in [4.78, 5) is 9.83. The maximum Gasteiger partial charge on any atom is 0.160 e. The normalized spacial score (nSPS) is 11.2. The first kappa shape index (κ1) is 19.5. The van der Waals surface area contributed by atoms with Gasteiger partial charge in [-0.25, -0.2) is 9.97 Å². The number of benzene rings is 5. The Hall–Kier alpha value is -4.24. The smallest absolute Gasteiger partial charge is 0.160 e. The Labute approximate surface area is 194 Å². The predicted octanol–water partition coefficient (Wildman–Crippen LogP) is 6.58. The molecule has 5 aromatic carbocycles. The maximum atomic E-state index is 6.03. The molecule has 33 heavy (non-hydrogen) atoms. The minimum atomic E-state index is 0.675. The lowest BCUT2D eigenvalue weighted by molar-refractivity contribution is 1.23. The highest BCUT2D eigenvalue weighted by Crippen LogP contribution is 2.32. The van der Waals surface area contributed by atoms with E-state index in [1.807, 2.05) is 48.5 Å². The maximum absolute atomic E-state index is 6.03. The highest BCUT2D eigenvalue weighted by molar-refractivity contribution is 6.32. The van der Waals surface area contributed by atoms with Gasteiger partial charge in [-0.05, 0) is 40.1 Å². The van der Waals surface area contributed by atoms with Gasteiger partial charge in [0.2, 0.25) is 0 Å². The average molecular weight is 418 g/mol. The number of nitrogens with zero attached hydrogens (tertiary/aromatic N) is 2. The number of fused-ring (bicyclic) bond motifs is 2. The lowest BCUT2D eigenvalue weighted by atomic mass is 9.94. The molecule has 0 saturated heterocycles. The van der Waals surface area contributed by atoms with E-state index in [1.54, 1.807) is 0 Å². The number of aromatic nitrogens is 2. The largest absolute Gasteiger partial charge is 0.228 e. The molecule has 1 aromatic heterocycles. The van der Waals surface area contributed by atoms with Crippen LogP contribution >= 0.6 is 0 Å². The van der Waals surface area contributed by atoms with Gasteiger partial charge < -0.3 is 0 Å². The van der Waals surface area contributed by atoms with Crippen molar-refractivity contribution in [3.05, 3.63) is 115 Å². The van der Waals surface area contributed by atoms with Crippen LogP contribution in [0.4, 0.5) is 0 Å². The van der Waals surface area contributed by atoms with Gasteiger partial charge in [-0.15, -0.1) is 0 Å². The van der Waals surface area contributed by atoms with Crippen LogP contribution in [-0.4, -0.2) is 17.8 Å². The van der Waals surface area contributed by atoms with E-state index in [0.717, 1.165) is 27.7 Å². The Morgan fingerprint density at radius 3 is 2.06 bits per heavy atom. The Bertz CT molecular complexity index is 1620. The van der Waals surface area contributed by atoms with Crippen molar-refractivity contribution in [1.29, 1.82) is 0 Å². The summed E-state index contributed by atoms with van der Waals surface area (Å²) in [5.74, 6) is 0.675. The summed E-state index contributed by atoms with van der Waals surface area (Å²) in [6, 6.07) is 39.5. The van der Waals surface area contributed by atoms with E-state index in [4.69, 9.17) is 17.8 Å². The Morgan fingerprint density at radius 2 is 1.21 bits per heavy atom. The van der Waals surface area contributed by atoms with Gasteiger partial charge in [0.05, 0.1) is 11.2 Å². The van der Waals surface area contributed by atoms with Gasteiger partial charge in [-0.3, -0.25) is 0 Å². The number of para-hydroxylation sites is 1. The van der Waals surface area contributed by atoms with Crippen molar-refractivity contribution in [1.82, 2.24) is 9.97 Å². The van der Waals surface area contributed by atoms with Gasteiger partial charge in [0.25, 0.3) is 0 Å². The molecule has 2 nitrogen and oxygen atoms in total. The SMILES string of the molecule is [B]c1cccc(-c2nc(-c3ccc4ccc(-c5ccccc5)cc4c3)c3ccccc3n2)c1. The van der Waals surface area contributed by atoms with Gasteiger partial charge in [0.15, 0.2) is 5.82 Å². The molecule has 152 valence electrons. The zero-order valence-electron chi connectivity index (χ0n) is 17.9. The molecule has 3 heteroatoms. The molecule has 6 aromatic rings. The van der Waals surface area contributed by atoms with Crippen LogP contribution in [0, 0.1) is 0 Å². The Kier molecular flexibility index (Phi) is 4.73. The summed E-state index contributed by atoms with van der Waals surface area (Å²) < 4.78 is 0. The molecule has 0 atom stereocenters. The van der Waals surface area contributed by atoms with E-state index in [1.165, 1.54) is 21.9 Å². The van der Waals surface area contributed by atoms with E-state index in [2.05, 4.69) is 66.7 Å². The molecular weight excluding hydrogens is 399 g/mol. The van der Waals surface area contributed by atoms with E-state index in [0.29, 0.717) is 11.3 Å². The molecule has 2 radical (unpaired) electrons. The summed E-state index contributed by atoms with van der Waals surface area (Å²) in [5.41, 5.74) is 6.92. The molecule has 0 aliphatic rings. The fourth-order valence-corrected chi connectivity index (χ4v) is 4.31. The third-order valence-corrected chi connectivity index (χ3v) is 5.97. The van der Waals surface area contributed by atoms with Crippen molar-refractivity contribution in [3.8, 4) is 33.8 Å². The Balaban J connectivity index is 1.55. The first-order valence-corrected chi connectivity index (χ1v) is 11.0. The van der Waals surface area contributed by atoms with Crippen molar-refractivity contribution in [2.75, 3.05) is 0 Å². The first-order chi connectivity index (χ1) is 16.2. The zero-order valence-corrected chi connectivity index (χ0v) is 17.9. The van der Waals surface area contributed by atoms with Crippen LogP contribution in [0.1, 0.15) is 0 Å². The van der Waals surface area contributed by atoms with Crippen LogP contribution in [0.2, 0.25) is 0 Å². The molecule has 0 spiro atoms. The van der Waals surface area contributed by atoms with Crippen molar-refractivity contribution >= 4 is 35.0 Å². The van der Waals surface area contributed by atoms with Gasteiger partial charge in [0.1, 0.15) is 7.85 Å². The van der Waals surface area contributed by atoms with Crippen LogP contribution in [-0.2, 0) is 0 Å². The molecule has 0 bridgehead atoms. The molecular formula is C30H19BN2. The van der Waals surface area contributed by atoms with Crippen LogP contribution in [0.15, 0.2) is 115 Å². The highest BCUT2D eigenvalue weighted by Gasteiger charge is 2.12. The molecule has 0 unspecified atom stereocenters. The fraction of sp³-hybridized carbons (Fsp3) is 0. The van der Waals surface area contributed by atoms with E-state index < -0.39 is 0 Å². The molecule has 0 saturated carbocycles. The summed E-state index contributed by atoms with van der Waals surface area (Å²) in [7, 11) is 6.03. The van der Waals surface area contributed by atoms with Crippen molar-refractivity contribution in [2.45, 2.75) is 0 Å². The van der Waals surface area contributed by atoms with Gasteiger partial charge in [-0.2, -0.15) is 0 Å². The molecule has 1 heterocycles. The second-order valence-electron chi connectivity index (χ2n) is 8.18. The number of hydrogen-bond donors (Lipinski definition) is 0. The second-order valence-corrected chi connectivity index (χ2v) is 8.18. The topological polar surface area (TPSA) is 25.8 Å². The molecule has 0 fully saturated rings. The van der Waals surface area contributed by atoms with Crippen LogP contribution in [0.5, 0.6) is 0 Å². The number of hydrogen-bond acceptors (Lipinski definition) is 2. The fourth-order valence-electron chi connectivity index (χ4n) is 4.31. The average Bonchev–Trinajstić information content (AvgIpc) is 2.88. The lowest BCUT2D eigenvalue weighted by Crippen LogP contribution is -2.02. The minimum Gasteiger partial charge on any atom is -0.228 e. The monoisotopic (exact) mass is 418 g/mol. The van der Waals surface area contributed by atoms with Gasteiger partial charge in [-0.1, -0.05) is 103 Å². The molecule has 0 aliphatic heterocycles. The molecule has 6 rings (SSSR count). The van der Waals surface area contributed by atoms with Crippen LogP contribution in [0.3, 0.4) is 0 Å². The van der Waals surface area contributed by atoms with Crippen molar-refractivity contribution in [3.63, 3.8) is 0 Å². The summed E-state index contributed by atoms with van der Waals surface area (Å²) >= 11 is 0. The third kappa shape index (κ3) is 3.68. The minimum absolute atomic E-state index is 0.675. The number of rotatable bonds is 3. The second kappa shape index (κ2) is 8.03. The summed E-state index contributed by atoms with van der Waals surface area (Å²) in [6.45, 7) is 0. The van der Waals surface area contributed by atoms with Gasteiger partial charge >= 0.3 is 0 Å². The van der Waals surface area contributed by atoms with E-state index in [9.17, 15) is 0 Å². The summed E-state index contributed by atoms with van der Waals surface area (Å²) in [6.07, 6.45) is 0. The first-order valence-electron chi connectivity index (χ1n) is 11.0. The van der Waals surface area contributed by atoms with Crippen LogP contribution in [0.25, 0.3) is 55.4 Å². The van der Waals surface area contributed by atoms with Crippen molar-refractivity contribution in [2.24, 2.45) is 0 Å². The van der Waals surface area contributed by atoms with Gasteiger partial charge in [0, 0.05) is 16.5 Å². The predicted molar refractivity (Wildman–Crippen MR) is 139 cm³/mol. The molecule has 0 N–H and O–H groups in total.